The van der Waals surface area contributed by atoms with Crippen molar-refractivity contribution in [2.24, 2.45) is 11.8 Å². The van der Waals surface area contributed by atoms with Crippen molar-refractivity contribution < 1.29 is 14.6 Å². The molecule has 1 saturated carbocycles. The van der Waals surface area contributed by atoms with Gasteiger partial charge in [0.1, 0.15) is 11.4 Å². The van der Waals surface area contributed by atoms with Gasteiger partial charge in [-0.05, 0) is 86.0 Å². The number of aryl methyl sites for hydroxylation is 2. The molecule has 4 atom stereocenters. The number of ether oxygens (including phenoxy) is 1. The first-order chi connectivity index (χ1) is 14.0. The van der Waals surface area contributed by atoms with Crippen LogP contribution in [0.5, 0.6) is 5.75 Å². The van der Waals surface area contributed by atoms with Crippen LogP contribution in [-0.4, -0.2) is 27.9 Å². The van der Waals surface area contributed by atoms with E-state index < -0.39 is 0 Å². The molecule has 0 aliphatic heterocycles. The number of aromatic nitrogens is 2. The lowest BCUT2D eigenvalue weighted by atomic mass is 9.55. The van der Waals surface area contributed by atoms with E-state index >= 15 is 0 Å². The Balaban J connectivity index is 1.51. The summed E-state index contributed by atoms with van der Waals surface area (Å²) in [5.41, 5.74) is 6.60. The SMILES string of the molecule is CCOC(=O)c1[nH]nc2c1CC1C3CCc4cc(O)c(CC)cc4C3CC[C@]21C. The van der Waals surface area contributed by atoms with Gasteiger partial charge in [-0.25, -0.2) is 4.79 Å². The van der Waals surface area contributed by atoms with E-state index in [1.54, 1.807) is 0 Å². The summed E-state index contributed by atoms with van der Waals surface area (Å²) in [6, 6.07) is 4.28. The Bertz CT molecular complexity index is 979. The maximum atomic E-state index is 12.4. The van der Waals surface area contributed by atoms with Crippen LogP contribution in [0.3, 0.4) is 0 Å². The van der Waals surface area contributed by atoms with Gasteiger partial charge in [0.05, 0.1) is 12.3 Å². The molecule has 1 aromatic heterocycles. The minimum atomic E-state index is -0.280. The van der Waals surface area contributed by atoms with Crippen LogP contribution in [0, 0.1) is 11.8 Å². The average molecular weight is 395 g/mol. The molecule has 0 radical (unpaired) electrons. The van der Waals surface area contributed by atoms with Gasteiger partial charge in [-0.2, -0.15) is 5.10 Å². The molecule has 0 saturated heterocycles. The van der Waals surface area contributed by atoms with E-state index in [1.807, 2.05) is 13.0 Å². The van der Waals surface area contributed by atoms with E-state index in [1.165, 1.54) is 11.1 Å². The maximum Gasteiger partial charge on any atom is 0.356 e. The average Bonchev–Trinajstić information content (AvgIpc) is 3.25. The van der Waals surface area contributed by atoms with Crippen molar-refractivity contribution in [3.05, 3.63) is 45.8 Å². The Labute approximate surface area is 171 Å². The van der Waals surface area contributed by atoms with Gasteiger partial charge in [0, 0.05) is 11.0 Å². The number of H-pyrrole nitrogens is 1. The molecule has 0 amide bonds. The number of carbonyl (C=O) groups is 1. The number of hydrogen-bond donors (Lipinski definition) is 2. The number of phenolic OH excluding ortho intramolecular Hbond substituents is 1. The Morgan fingerprint density at radius 1 is 1.34 bits per heavy atom. The predicted molar refractivity (Wildman–Crippen MR) is 110 cm³/mol. The van der Waals surface area contributed by atoms with E-state index in [0.29, 0.717) is 35.8 Å². The van der Waals surface area contributed by atoms with Gasteiger partial charge in [0.25, 0.3) is 0 Å². The Morgan fingerprint density at radius 2 is 2.17 bits per heavy atom. The number of carbonyl (C=O) groups excluding carboxylic acids is 1. The van der Waals surface area contributed by atoms with Crippen LogP contribution >= 0.6 is 0 Å². The standard InChI is InChI=1S/C24H30N2O3/c1-4-13-10-17-14(11-20(13)27)6-7-16-15(17)8-9-24(3)19(16)12-18-21(23(28)29-5-2)25-26-22(18)24/h10-11,15-16,19,27H,4-9,12H2,1-3H3,(H,25,26)/t15?,16?,19?,24-/m0/s1. The van der Waals surface area contributed by atoms with Crippen molar-refractivity contribution in [1.29, 1.82) is 0 Å². The number of nitrogens with zero attached hydrogens (tertiary/aromatic N) is 1. The van der Waals surface area contributed by atoms with Crippen molar-refractivity contribution in [2.45, 2.75) is 70.6 Å². The fraction of sp³-hybridized carbons (Fsp3) is 0.583. The normalized spacial score (nSPS) is 29.6. The molecule has 2 aromatic rings. The summed E-state index contributed by atoms with van der Waals surface area (Å²) >= 11 is 0. The van der Waals surface area contributed by atoms with Gasteiger partial charge in [0.15, 0.2) is 0 Å². The Hall–Kier alpha value is -2.30. The molecule has 2 N–H and O–H groups in total. The van der Waals surface area contributed by atoms with Crippen molar-refractivity contribution in [2.75, 3.05) is 6.61 Å². The van der Waals surface area contributed by atoms with Crippen LogP contribution < -0.4 is 0 Å². The number of aromatic amines is 1. The molecule has 5 rings (SSSR count). The molecule has 5 heteroatoms. The number of aromatic hydroxyl groups is 1. The lowest BCUT2D eigenvalue weighted by molar-refractivity contribution is 0.0516. The van der Waals surface area contributed by atoms with Crippen molar-refractivity contribution in [3.63, 3.8) is 0 Å². The molecule has 1 heterocycles. The minimum Gasteiger partial charge on any atom is -0.508 e. The van der Waals surface area contributed by atoms with Gasteiger partial charge >= 0.3 is 5.97 Å². The zero-order valence-corrected chi connectivity index (χ0v) is 17.5. The number of benzene rings is 1. The number of nitrogens with one attached hydrogen (secondary N) is 1. The summed E-state index contributed by atoms with van der Waals surface area (Å²) in [5, 5.41) is 17.9. The molecule has 0 bridgehead atoms. The van der Waals surface area contributed by atoms with Gasteiger partial charge in [-0.1, -0.05) is 19.9 Å². The van der Waals surface area contributed by atoms with E-state index in [9.17, 15) is 9.90 Å². The molecule has 29 heavy (non-hydrogen) atoms. The smallest absolute Gasteiger partial charge is 0.356 e. The highest BCUT2D eigenvalue weighted by Crippen LogP contribution is 2.60. The highest BCUT2D eigenvalue weighted by atomic mass is 16.5. The molecule has 3 aliphatic carbocycles. The molecule has 1 fully saturated rings. The van der Waals surface area contributed by atoms with Crippen LogP contribution in [0.4, 0.5) is 0 Å². The quantitative estimate of drug-likeness (QED) is 0.756. The zero-order valence-electron chi connectivity index (χ0n) is 17.5. The molecule has 0 spiro atoms. The topological polar surface area (TPSA) is 75.2 Å². The lowest BCUT2D eigenvalue weighted by Crippen LogP contribution is -2.43. The van der Waals surface area contributed by atoms with Crippen LogP contribution in [0.1, 0.15) is 84.4 Å². The van der Waals surface area contributed by atoms with Crippen LogP contribution in [0.25, 0.3) is 0 Å². The predicted octanol–water partition coefficient (Wildman–Crippen LogP) is 4.42. The molecule has 1 aromatic carbocycles. The first-order valence-electron chi connectivity index (χ1n) is 11.1. The Morgan fingerprint density at radius 3 is 2.93 bits per heavy atom. The molecule has 3 aliphatic rings. The molecule has 3 unspecified atom stereocenters. The van der Waals surface area contributed by atoms with Crippen LogP contribution in [-0.2, 0) is 29.4 Å². The van der Waals surface area contributed by atoms with Gasteiger partial charge in [0.2, 0.25) is 0 Å². The first kappa shape index (κ1) is 18.7. The lowest BCUT2D eigenvalue weighted by Gasteiger charge is -2.49. The third kappa shape index (κ3) is 2.59. The fourth-order valence-electron chi connectivity index (χ4n) is 6.56. The number of phenols is 1. The number of rotatable bonds is 3. The second kappa shape index (κ2) is 6.61. The maximum absolute atomic E-state index is 12.4. The van der Waals surface area contributed by atoms with Gasteiger partial charge < -0.3 is 9.84 Å². The van der Waals surface area contributed by atoms with Crippen LogP contribution in [0.15, 0.2) is 12.1 Å². The summed E-state index contributed by atoms with van der Waals surface area (Å²) in [4.78, 5) is 12.4. The highest BCUT2D eigenvalue weighted by Gasteiger charge is 2.55. The molecular weight excluding hydrogens is 364 g/mol. The van der Waals surface area contributed by atoms with E-state index in [2.05, 4.69) is 30.1 Å². The van der Waals surface area contributed by atoms with Gasteiger partial charge in [-0.3, -0.25) is 5.10 Å². The van der Waals surface area contributed by atoms with E-state index in [-0.39, 0.29) is 11.4 Å². The van der Waals surface area contributed by atoms with Crippen molar-refractivity contribution in [3.8, 4) is 5.75 Å². The molecular formula is C24H30N2O3. The van der Waals surface area contributed by atoms with Crippen LogP contribution in [0.2, 0.25) is 0 Å². The summed E-state index contributed by atoms with van der Waals surface area (Å²) in [5.74, 6) is 1.82. The number of hydrogen-bond acceptors (Lipinski definition) is 4. The Kier molecular flexibility index (Phi) is 4.27. The molecule has 154 valence electrons. The monoisotopic (exact) mass is 394 g/mol. The largest absolute Gasteiger partial charge is 0.508 e. The summed E-state index contributed by atoms with van der Waals surface area (Å²) < 4.78 is 5.25. The molecule has 5 nitrogen and oxygen atoms in total. The highest BCUT2D eigenvalue weighted by molar-refractivity contribution is 5.89. The fourth-order valence-corrected chi connectivity index (χ4v) is 6.56. The minimum absolute atomic E-state index is 0.0275. The van der Waals surface area contributed by atoms with E-state index in [4.69, 9.17) is 4.74 Å². The summed E-state index contributed by atoms with van der Waals surface area (Å²) in [6.45, 7) is 6.66. The third-order valence-electron chi connectivity index (χ3n) is 8.01. The first-order valence-corrected chi connectivity index (χ1v) is 11.1. The summed E-state index contributed by atoms with van der Waals surface area (Å²) in [7, 11) is 0. The second-order valence-electron chi connectivity index (χ2n) is 9.26. The zero-order chi connectivity index (χ0) is 20.3. The third-order valence-corrected chi connectivity index (χ3v) is 8.01. The number of esters is 1. The number of fused-ring (bicyclic) bond motifs is 7. The summed E-state index contributed by atoms with van der Waals surface area (Å²) in [6.07, 6.45) is 6.16. The van der Waals surface area contributed by atoms with Crippen molar-refractivity contribution >= 4 is 5.97 Å². The second-order valence-corrected chi connectivity index (χ2v) is 9.26. The van der Waals surface area contributed by atoms with E-state index in [0.717, 1.165) is 55.3 Å². The van der Waals surface area contributed by atoms with Gasteiger partial charge in [-0.15, -0.1) is 0 Å². The van der Waals surface area contributed by atoms with Crippen molar-refractivity contribution in [1.82, 2.24) is 10.2 Å².